The summed E-state index contributed by atoms with van der Waals surface area (Å²) in [5.74, 6) is -0.0275. The third-order valence-electron chi connectivity index (χ3n) is 3.28. The summed E-state index contributed by atoms with van der Waals surface area (Å²) in [5.41, 5.74) is 1.48. The lowest BCUT2D eigenvalue weighted by Gasteiger charge is -2.15. The van der Waals surface area contributed by atoms with E-state index in [9.17, 15) is 4.79 Å². The highest BCUT2D eigenvalue weighted by molar-refractivity contribution is 6.31. The summed E-state index contributed by atoms with van der Waals surface area (Å²) in [6.45, 7) is 2.79. The van der Waals surface area contributed by atoms with Crippen LogP contribution in [0.5, 0.6) is 0 Å². The van der Waals surface area contributed by atoms with Gasteiger partial charge in [0.2, 0.25) is 0 Å². The van der Waals surface area contributed by atoms with Gasteiger partial charge < -0.3 is 10.6 Å². The Balaban J connectivity index is 2.14. The van der Waals surface area contributed by atoms with Crippen LogP contribution in [0.25, 0.3) is 0 Å². The second kappa shape index (κ2) is 6.10. The van der Waals surface area contributed by atoms with Crippen LogP contribution in [0.15, 0.2) is 18.2 Å². The Morgan fingerprint density at radius 3 is 2.78 bits per heavy atom. The molecule has 0 radical (unpaired) electrons. The van der Waals surface area contributed by atoms with Gasteiger partial charge in [0.05, 0.1) is 5.56 Å². The van der Waals surface area contributed by atoms with Crippen LogP contribution in [-0.4, -0.2) is 18.5 Å². The van der Waals surface area contributed by atoms with Crippen LogP contribution in [0.2, 0.25) is 5.02 Å². The van der Waals surface area contributed by atoms with Gasteiger partial charge in [-0.3, -0.25) is 4.79 Å². The maximum atomic E-state index is 12.2. The van der Waals surface area contributed by atoms with Crippen molar-refractivity contribution < 1.29 is 4.79 Å². The highest BCUT2D eigenvalue weighted by Crippen LogP contribution is 2.22. The minimum atomic E-state index is -0.0275. The van der Waals surface area contributed by atoms with Gasteiger partial charge in [-0.15, -0.1) is 0 Å². The predicted molar refractivity (Wildman–Crippen MR) is 75.3 cm³/mol. The third-order valence-corrected chi connectivity index (χ3v) is 3.52. The largest absolute Gasteiger partial charge is 0.385 e. The van der Waals surface area contributed by atoms with Gasteiger partial charge in [-0.2, -0.15) is 0 Å². The molecule has 1 aromatic rings. The molecule has 3 nitrogen and oxygen atoms in total. The molecule has 2 N–H and O–H groups in total. The summed E-state index contributed by atoms with van der Waals surface area (Å²) in [6.07, 6.45) is 4.59. The number of halogens is 1. The first kappa shape index (κ1) is 13.2. The van der Waals surface area contributed by atoms with E-state index in [0.717, 1.165) is 25.1 Å². The fraction of sp³-hybridized carbons (Fsp3) is 0.500. The van der Waals surface area contributed by atoms with Gasteiger partial charge >= 0.3 is 0 Å². The number of carbonyl (C=O) groups excluding carboxylic acids is 1. The summed E-state index contributed by atoms with van der Waals surface area (Å²) >= 11 is 5.97. The molecule has 1 amide bonds. The molecule has 98 valence electrons. The van der Waals surface area contributed by atoms with Crippen molar-refractivity contribution in [3.63, 3.8) is 0 Å². The molecule has 1 aliphatic carbocycles. The Bertz CT molecular complexity index is 428. The average Bonchev–Trinajstić information content (AvgIpc) is 2.84. The molecular formula is C14H19ClN2O. The van der Waals surface area contributed by atoms with Gasteiger partial charge in [-0.1, -0.05) is 24.4 Å². The first-order chi connectivity index (χ1) is 8.70. The summed E-state index contributed by atoms with van der Waals surface area (Å²) in [5, 5.41) is 6.86. The Labute approximate surface area is 113 Å². The van der Waals surface area contributed by atoms with E-state index in [4.69, 9.17) is 11.6 Å². The lowest BCUT2D eigenvalue weighted by Crippen LogP contribution is -2.33. The molecule has 0 heterocycles. The number of benzene rings is 1. The van der Waals surface area contributed by atoms with Crippen LogP contribution < -0.4 is 10.6 Å². The molecule has 0 aliphatic heterocycles. The molecule has 0 aromatic heterocycles. The molecule has 0 unspecified atom stereocenters. The van der Waals surface area contributed by atoms with Crippen molar-refractivity contribution in [2.24, 2.45) is 0 Å². The third kappa shape index (κ3) is 3.16. The fourth-order valence-corrected chi connectivity index (χ4v) is 2.55. The van der Waals surface area contributed by atoms with E-state index in [1.165, 1.54) is 12.8 Å². The molecule has 18 heavy (non-hydrogen) atoms. The number of nitrogens with one attached hydrogen (secondary N) is 2. The van der Waals surface area contributed by atoms with E-state index in [1.54, 1.807) is 12.1 Å². The van der Waals surface area contributed by atoms with Crippen LogP contribution in [0.3, 0.4) is 0 Å². The maximum absolute atomic E-state index is 12.2. The van der Waals surface area contributed by atoms with Crippen molar-refractivity contribution in [3.05, 3.63) is 28.8 Å². The molecule has 0 spiro atoms. The van der Waals surface area contributed by atoms with Gasteiger partial charge in [0.25, 0.3) is 5.91 Å². The van der Waals surface area contributed by atoms with E-state index in [0.29, 0.717) is 16.6 Å². The lowest BCUT2D eigenvalue weighted by molar-refractivity contribution is 0.0938. The van der Waals surface area contributed by atoms with Crippen LogP contribution in [0, 0.1) is 0 Å². The van der Waals surface area contributed by atoms with Gasteiger partial charge in [0, 0.05) is 23.3 Å². The van der Waals surface area contributed by atoms with Crippen molar-refractivity contribution in [2.45, 2.75) is 38.6 Å². The number of amides is 1. The highest BCUT2D eigenvalue weighted by Gasteiger charge is 2.19. The molecule has 4 heteroatoms. The summed E-state index contributed by atoms with van der Waals surface area (Å²) < 4.78 is 0. The maximum Gasteiger partial charge on any atom is 0.253 e. The van der Waals surface area contributed by atoms with E-state index < -0.39 is 0 Å². The molecule has 0 atom stereocenters. The highest BCUT2D eigenvalue weighted by atomic mass is 35.5. The van der Waals surface area contributed by atoms with Crippen LogP contribution in [0.1, 0.15) is 43.0 Å². The van der Waals surface area contributed by atoms with Crippen molar-refractivity contribution in [1.29, 1.82) is 0 Å². The number of hydrogen-bond acceptors (Lipinski definition) is 2. The second-order valence-corrected chi connectivity index (χ2v) is 5.11. The molecule has 1 aliphatic rings. The van der Waals surface area contributed by atoms with Crippen molar-refractivity contribution in [1.82, 2.24) is 5.32 Å². The Morgan fingerprint density at radius 1 is 1.39 bits per heavy atom. The Morgan fingerprint density at radius 2 is 2.11 bits per heavy atom. The summed E-state index contributed by atoms with van der Waals surface area (Å²) in [7, 11) is 0. The normalized spacial score (nSPS) is 15.7. The minimum Gasteiger partial charge on any atom is -0.385 e. The smallest absolute Gasteiger partial charge is 0.253 e. The first-order valence-corrected chi connectivity index (χ1v) is 6.92. The Hall–Kier alpha value is -1.22. The Kier molecular flexibility index (Phi) is 4.48. The SMILES string of the molecule is CCNc1ccc(Cl)cc1C(=O)NC1CCCC1. The van der Waals surface area contributed by atoms with Crippen molar-refractivity contribution >= 4 is 23.2 Å². The fourth-order valence-electron chi connectivity index (χ4n) is 2.38. The molecule has 0 bridgehead atoms. The number of carbonyl (C=O) groups is 1. The zero-order valence-corrected chi connectivity index (χ0v) is 11.4. The van der Waals surface area contributed by atoms with E-state index in [-0.39, 0.29) is 5.91 Å². The minimum absolute atomic E-state index is 0.0275. The van der Waals surface area contributed by atoms with Gasteiger partial charge in [-0.25, -0.2) is 0 Å². The number of anilines is 1. The topological polar surface area (TPSA) is 41.1 Å². The molecule has 0 saturated heterocycles. The van der Waals surface area contributed by atoms with Crippen molar-refractivity contribution in [2.75, 3.05) is 11.9 Å². The van der Waals surface area contributed by atoms with E-state index in [2.05, 4.69) is 10.6 Å². The average molecular weight is 267 g/mol. The van der Waals surface area contributed by atoms with Crippen LogP contribution in [0.4, 0.5) is 5.69 Å². The number of rotatable bonds is 4. The van der Waals surface area contributed by atoms with Crippen LogP contribution >= 0.6 is 11.6 Å². The van der Waals surface area contributed by atoms with Gasteiger partial charge in [0.1, 0.15) is 0 Å². The lowest BCUT2D eigenvalue weighted by atomic mass is 10.1. The molecule has 1 fully saturated rings. The van der Waals surface area contributed by atoms with E-state index in [1.807, 2.05) is 13.0 Å². The molecule has 2 rings (SSSR count). The summed E-state index contributed by atoms with van der Waals surface area (Å²) in [4.78, 5) is 12.2. The molecular weight excluding hydrogens is 248 g/mol. The number of hydrogen-bond donors (Lipinski definition) is 2. The first-order valence-electron chi connectivity index (χ1n) is 6.55. The quantitative estimate of drug-likeness (QED) is 0.876. The van der Waals surface area contributed by atoms with E-state index >= 15 is 0 Å². The van der Waals surface area contributed by atoms with Crippen LogP contribution in [-0.2, 0) is 0 Å². The zero-order valence-electron chi connectivity index (χ0n) is 10.6. The zero-order chi connectivity index (χ0) is 13.0. The van der Waals surface area contributed by atoms with Gasteiger partial charge in [-0.05, 0) is 38.0 Å². The predicted octanol–water partition coefficient (Wildman–Crippen LogP) is 3.44. The standard InChI is InChI=1S/C14H19ClN2O/c1-2-16-13-8-7-10(15)9-12(13)14(18)17-11-5-3-4-6-11/h7-9,11,16H,2-6H2,1H3,(H,17,18). The molecule has 1 aromatic carbocycles. The van der Waals surface area contributed by atoms with Gasteiger partial charge in [0.15, 0.2) is 0 Å². The summed E-state index contributed by atoms with van der Waals surface area (Å²) in [6, 6.07) is 5.71. The molecule has 1 saturated carbocycles. The monoisotopic (exact) mass is 266 g/mol. The second-order valence-electron chi connectivity index (χ2n) is 4.68. The van der Waals surface area contributed by atoms with Crippen molar-refractivity contribution in [3.8, 4) is 0 Å².